The zero-order valence-electron chi connectivity index (χ0n) is 14.9. The normalized spacial score (nSPS) is 15.9. The van der Waals surface area contributed by atoms with Crippen LogP contribution < -0.4 is 0 Å². The second-order valence-electron chi connectivity index (χ2n) is 6.20. The summed E-state index contributed by atoms with van der Waals surface area (Å²) in [6.45, 7) is 6.65. The lowest BCUT2D eigenvalue weighted by Crippen LogP contribution is -2.13. The van der Waals surface area contributed by atoms with Gasteiger partial charge in [0.05, 0.1) is 37.6 Å². The highest BCUT2D eigenvalue weighted by Gasteiger charge is 2.14. The van der Waals surface area contributed by atoms with E-state index in [1.54, 1.807) is 27.7 Å². The number of hydrogen-bond donors (Lipinski definition) is 6. The molecule has 0 aliphatic carbocycles. The molecule has 4 unspecified atom stereocenters. The molecule has 23 heavy (non-hydrogen) atoms. The number of aliphatic hydroxyl groups is 6. The lowest BCUT2D eigenvalue weighted by atomic mass is 9.90. The molecule has 0 aliphatic heterocycles. The summed E-state index contributed by atoms with van der Waals surface area (Å²) in [5, 5.41) is 53.4. The minimum Gasteiger partial charge on any atom is -0.394 e. The van der Waals surface area contributed by atoms with Crippen molar-refractivity contribution in [3.8, 4) is 0 Å². The van der Waals surface area contributed by atoms with Gasteiger partial charge in [0.25, 0.3) is 0 Å². The summed E-state index contributed by atoms with van der Waals surface area (Å²) in [6.07, 6.45) is 1.09. The van der Waals surface area contributed by atoms with Gasteiger partial charge in [-0.05, 0) is 59.8 Å². The summed E-state index contributed by atoms with van der Waals surface area (Å²) >= 11 is 0. The van der Waals surface area contributed by atoms with Crippen LogP contribution in [0.25, 0.3) is 0 Å². The zero-order chi connectivity index (χ0) is 18.4. The van der Waals surface area contributed by atoms with Crippen LogP contribution in [0.15, 0.2) is 11.1 Å². The molecule has 0 aromatic rings. The molecule has 0 rings (SSSR count). The van der Waals surface area contributed by atoms with Crippen LogP contribution in [0.5, 0.6) is 0 Å². The van der Waals surface area contributed by atoms with Crippen molar-refractivity contribution in [1.29, 1.82) is 0 Å². The maximum absolute atomic E-state index is 9.58. The first kappa shape index (κ1) is 24.7. The monoisotopic (exact) mass is 336 g/mol. The SMILES string of the molecule is CC(O)CCC(CC(C)O)=C(CC(C)O)CC(C)O.OCCO. The Morgan fingerprint density at radius 1 is 0.609 bits per heavy atom. The van der Waals surface area contributed by atoms with Gasteiger partial charge >= 0.3 is 0 Å². The van der Waals surface area contributed by atoms with E-state index in [1.807, 2.05) is 0 Å². The van der Waals surface area contributed by atoms with Crippen molar-refractivity contribution < 1.29 is 30.6 Å². The Kier molecular flexibility index (Phi) is 16.2. The Morgan fingerprint density at radius 3 is 1.22 bits per heavy atom. The van der Waals surface area contributed by atoms with E-state index < -0.39 is 18.3 Å². The molecule has 0 bridgehead atoms. The first-order valence-electron chi connectivity index (χ1n) is 8.27. The molecule has 0 fully saturated rings. The second kappa shape index (κ2) is 15.1. The minimum atomic E-state index is -0.468. The first-order valence-corrected chi connectivity index (χ1v) is 8.27. The van der Waals surface area contributed by atoms with Crippen LogP contribution in [0.4, 0.5) is 0 Å². The molecule has 0 aromatic carbocycles. The molecular formula is C17H36O6. The van der Waals surface area contributed by atoms with Crippen LogP contribution in [0.3, 0.4) is 0 Å². The molecule has 0 spiro atoms. The minimum absolute atomic E-state index is 0.125. The van der Waals surface area contributed by atoms with Crippen molar-refractivity contribution in [2.24, 2.45) is 0 Å². The molecule has 4 atom stereocenters. The fourth-order valence-corrected chi connectivity index (χ4v) is 2.25. The standard InChI is InChI=1S/C15H30O4.C2H6O2/c1-10(16)5-6-14(7-11(2)17)15(8-12(3)18)9-13(4)19;3-1-2-4/h10-13,16-19H,5-9H2,1-4H3;3-4H,1-2H2. The molecule has 6 N–H and O–H groups in total. The topological polar surface area (TPSA) is 121 Å². The van der Waals surface area contributed by atoms with Crippen LogP contribution in [0, 0.1) is 0 Å². The molecule has 0 amide bonds. The molecule has 6 nitrogen and oxygen atoms in total. The van der Waals surface area contributed by atoms with Crippen LogP contribution in [0.1, 0.15) is 59.8 Å². The van der Waals surface area contributed by atoms with Gasteiger partial charge in [0, 0.05) is 0 Å². The highest BCUT2D eigenvalue weighted by atomic mass is 16.3. The summed E-state index contributed by atoms with van der Waals surface area (Å²) in [5.74, 6) is 0. The van der Waals surface area contributed by atoms with Crippen molar-refractivity contribution in [2.75, 3.05) is 13.2 Å². The van der Waals surface area contributed by atoms with Gasteiger partial charge in [-0.15, -0.1) is 0 Å². The molecular weight excluding hydrogens is 300 g/mol. The highest BCUT2D eigenvalue weighted by Crippen LogP contribution is 2.25. The fraction of sp³-hybridized carbons (Fsp3) is 0.882. The van der Waals surface area contributed by atoms with E-state index in [4.69, 9.17) is 10.2 Å². The first-order chi connectivity index (χ1) is 10.6. The van der Waals surface area contributed by atoms with Gasteiger partial charge in [0.2, 0.25) is 0 Å². The van der Waals surface area contributed by atoms with Crippen molar-refractivity contribution >= 4 is 0 Å². The number of hydrogen-bond acceptors (Lipinski definition) is 6. The molecule has 0 heterocycles. The molecule has 0 radical (unpaired) electrons. The fourth-order valence-electron chi connectivity index (χ4n) is 2.25. The van der Waals surface area contributed by atoms with Crippen molar-refractivity contribution in [1.82, 2.24) is 0 Å². The predicted molar refractivity (Wildman–Crippen MR) is 91.0 cm³/mol. The van der Waals surface area contributed by atoms with Crippen LogP contribution in [-0.2, 0) is 0 Å². The van der Waals surface area contributed by atoms with Gasteiger partial charge in [-0.1, -0.05) is 11.1 Å². The van der Waals surface area contributed by atoms with E-state index in [1.165, 1.54) is 0 Å². The van der Waals surface area contributed by atoms with Gasteiger partial charge in [0.15, 0.2) is 0 Å². The average Bonchev–Trinajstić information content (AvgIpc) is 2.41. The summed E-state index contributed by atoms with van der Waals surface area (Å²) in [5.41, 5.74) is 2.06. The molecule has 0 aliphatic rings. The van der Waals surface area contributed by atoms with Crippen LogP contribution in [0.2, 0.25) is 0 Å². The Labute approximate surface area is 140 Å². The summed E-state index contributed by atoms with van der Waals surface area (Å²) < 4.78 is 0. The number of aliphatic hydroxyl groups excluding tert-OH is 6. The smallest absolute Gasteiger partial charge is 0.0662 e. The molecule has 6 heteroatoms. The maximum Gasteiger partial charge on any atom is 0.0662 e. The van der Waals surface area contributed by atoms with Crippen LogP contribution in [-0.4, -0.2) is 68.3 Å². The lowest BCUT2D eigenvalue weighted by molar-refractivity contribution is 0.167. The highest BCUT2D eigenvalue weighted by molar-refractivity contribution is 5.17. The van der Waals surface area contributed by atoms with E-state index >= 15 is 0 Å². The van der Waals surface area contributed by atoms with Gasteiger partial charge in [-0.3, -0.25) is 0 Å². The van der Waals surface area contributed by atoms with Gasteiger partial charge in [0.1, 0.15) is 0 Å². The molecule has 0 aromatic heterocycles. The molecule has 140 valence electrons. The van der Waals surface area contributed by atoms with Gasteiger partial charge < -0.3 is 30.6 Å². The predicted octanol–water partition coefficient (Wildman–Crippen LogP) is 0.728. The lowest BCUT2D eigenvalue weighted by Gasteiger charge is -2.20. The van der Waals surface area contributed by atoms with Crippen molar-refractivity contribution in [3.05, 3.63) is 11.1 Å². The van der Waals surface area contributed by atoms with Crippen molar-refractivity contribution in [2.45, 2.75) is 84.2 Å². The zero-order valence-corrected chi connectivity index (χ0v) is 14.9. The summed E-state index contributed by atoms with van der Waals surface area (Å²) in [4.78, 5) is 0. The Bertz CT molecular complexity index is 283. The molecule has 0 saturated carbocycles. The second-order valence-corrected chi connectivity index (χ2v) is 6.20. The largest absolute Gasteiger partial charge is 0.394 e. The van der Waals surface area contributed by atoms with E-state index in [9.17, 15) is 20.4 Å². The third-order valence-electron chi connectivity index (χ3n) is 3.09. The van der Waals surface area contributed by atoms with E-state index in [0.29, 0.717) is 32.1 Å². The van der Waals surface area contributed by atoms with Gasteiger partial charge in [-0.25, -0.2) is 0 Å². The third kappa shape index (κ3) is 17.7. The quantitative estimate of drug-likeness (QED) is 0.327. The average molecular weight is 336 g/mol. The Hall–Kier alpha value is -0.500. The Balaban J connectivity index is 0. The summed E-state index contributed by atoms with van der Waals surface area (Å²) in [7, 11) is 0. The molecule has 0 saturated heterocycles. The number of rotatable bonds is 10. The Morgan fingerprint density at radius 2 is 0.957 bits per heavy atom. The van der Waals surface area contributed by atoms with E-state index in [2.05, 4.69) is 0 Å². The van der Waals surface area contributed by atoms with Crippen molar-refractivity contribution in [3.63, 3.8) is 0 Å². The van der Waals surface area contributed by atoms with Crippen LogP contribution >= 0.6 is 0 Å². The van der Waals surface area contributed by atoms with E-state index in [-0.39, 0.29) is 19.3 Å². The van der Waals surface area contributed by atoms with E-state index in [0.717, 1.165) is 11.1 Å². The summed E-state index contributed by atoms with van der Waals surface area (Å²) in [6, 6.07) is 0. The maximum atomic E-state index is 9.58. The van der Waals surface area contributed by atoms with Gasteiger partial charge in [-0.2, -0.15) is 0 Å². The third-order valence-corrected chi connectivity index (χ3v) is 3.09.